The molecule has 7 heteroatoms. The maximum atomic E-state index is 4.56. The quantitative estimate of drug-likeness (QED) is 0.134. The van der Waals surface area contributed by atoms with Crippen LogP contribution in [-0.4, -0.2) is 22.9 Å². The molecule has 174 valence electrons. The largest absolute Gasteiger partial charge is 0.370 e. The molecule has 0 spiro atoms. The van der Waals surface area contributed by atoms with Crippen molar-refractivity contribution in [2.24, 2.45) is 0 Å². The zero-order valence-electron chi connectivity index (χ0n) is 19.6. The van der Waals surface area contributed by atoms with Crippen LogP contribution in [0.3, 0.4) is 0 Å². The Morgan fingerprint density at radius 2 is 2.00 bits per heavy atom. The van der Waals surface area contributed by atoms with Crippen molar-refractivity contribution < 1.29 is 0 Å². The summed E-state index contributed by atoms with van der Waals surface area (Å²) < 4.78 is 5.44. The third-order valence-corrected chi connectivity index (χ3v) is 8.02. The Hall–Kier alpha value is -2.11. The first-order chi connectivity index (χ1) is 15.9. The summed E-state index contributed by atoms with van der Waals surface area (Å²) in [5.74, 6) is 0.932. The van der Waals surface area contributed by atoms with E-state index >= 15 is 0 Å². The van der Waals surface area contributed by atoms with Gasteiger partial charge in [0.05, 0.1) is 6.20 Å². The number of benzene rings is 1. The average molecular weight is 497 g/mol. The van der Waals surface area contributed by atoms with Gasteiger partial charge in [-0.05, 0) is 78.4 Å². The topological polar surface area (TPSA) is 41.9 Å². The van der Waals surface area contributed by atoms with E-state index in [1.165, 1.54) is 20.9 Å². The number of hydrogen-bond donors (Lipinski definition) is 2. The zero-order valence-corrected chi connectivity index (χ0v) is 22.4. The van der Waals surface area contributed by atoms with Crippen LogP contribution in [0.15, 0.2) is 66.0 Å². The molecule has 1 aromatic carbocycles. The van der Waals surface area contributed by atoms with E-state index in [4.69, 9.17) is 0 Å². The molecule has 2 heterocycles. The van der Waals surface area contributed by atoms with Gasteiger partial charge in [0, 0.05) is 33.9 Å². The predicted molar refractivity (Wildman–Crippen MR) is 151 cm³/mol. The van der Waals surface area contributed by atoms with Crippen molar-refractivity contribution in [1.29, 1.82) is 0 Å². The fourth-order valence-corrected chi connectivity index (χ4v) is 5.48. The first-order valence-corrected chi connectivity index (χ1v) is 13.4. The van der Waals surface area contributed by atoms with Crippen molar-refractivity contribution in [2.75, 3.05) is 13.1 Å². The molecule has 0 aliphatic carbocycles. The standard InChI is InChI=1S/C26H33N4PS2/c1-6-18(2)26-24(12-15-32-26)33-29-14-9-13-27-25(30-21(5)23(31)17-28-30)16-20(4)22-11-8-7-10-19(22)3/h7-8,10-12,15-17,27,29H,2,4,6,9,13-14,31H2,1,3,5H3/b25-16-. The van der Waals surface area contributed by atoms with Crippen molar-refractivity contribution in [2.45, 2.75) is 38.5 Å². The maximum absolute atomic E-state index is 4.56. The van der Waals surface area contributed by atoms with Crippen LogP contribution in [0.5, 0.6) is 0 Å². The smallest absolute Gasteiger partial charge is 0.128 e. The summed E-state index contributed by atoms with van der Waals surface area (Å²) >= 11 is 3.45. The lowest BCUT2D eigenvalue weighted by molar-refractivity contribution is 0.705. The summed E-state index contributed by atoms with van der Waals surface area (Å²) in [7, 11) is 2.74. The molecule has 33 heavy (non-hydrogen) atoms. The van der Waals surface area contributed by atoms with Gasteiger partial charge in [-0.3, -0.25) is 4.72 Å². The zero-order chi connectivity index (χ0) is 23.8. The second-order valence-corrected chi connectivity index (χ2v) is 10.3. The van der Waals surface area contributed by atoms with Crippen LogP contribution in [0, 0.1) is 13.8 Å². The number of rotatable bonds is 12. The van der Waals surface area contributed by atoms with E-state index < -0.39 is 0 Å². The molecule has 2 aromatic heterocycles. The van der Waals surface area contributed by atoms with Gasteiger partial charge in [0.2, 0.25) is 0 Å². The Labute approximate surface area is 208 Å². The predicted octanol–water partition coefficient (Wildman–Crippen LogP) is 6.27. The van der Waals surface area contributed by atoms with Crippen LogP contribution in [-0.2, 0) is 0 Å². The van der Waals surface area contributed by atoms with E-state index in [9.17, 15) is 0 Å². The maximum Gasteiger partial charge on any atom is 0.128 e. The molecule has 0 saturated carbocycles. The summed E-state index contributed by atoms with van der Waals surface area (Å²) in [4.78, 5) is 2.55. The second kappa shape index (κ2) is 12.4. The lowest BCUT2D eigenvalue weighted by atomic mass is 10.0. The second-order valence-electron chi connectivity index (χ2n) is 7.81. The highest BCUT2D eigenvalue weighted by atomic mass is 32.2. The van der Waals surface area contributed by atoms with Crippen LogP contribution in [0.2, 0.25) is 0 Å². The monoisotopic (exact) mass is 496 g/mol. The van der Waals surface area contributed by atoms with Crippen LogP contribution >= 0.6 is 32.5 Å². The first-order valence-electron chi connectivity index (χ1n) is 11.1. The third kappa shape index (κ3) is 6.70. The van der Waals surface area contributed by atoms with Gasteiger partial charge < -0.3 is 5.32 Å². The van der Waals surface area contributed by atoms with Gasteiger partial charge in [0.25, 0.3) is 0 Å². The molecule has 3 rings (SSSR count). The van der Waals surface area contributed by atoms with Crippen molar-refractivity contribution in [1.82, 2.24) is 19.8 Å². The van der Waals surface area contributed by atoms with Gasteiger partial charge in [0.1, 0.15) is 5.82 Å². The summed E-state index contributed by atoms with van der Waals surface area (Å²) in [6.07, 6.45) is 5.91. The Morgan fingerprint density at radius 1 is 1.21 bits per heavy atom. The summed E-state index contributed by atoms with van der Waals surface area (Å²) in [6, 6.07) is 10.5. The molecule has 0 aliphatic heterocycles. The number of aromatic nitrogens is 2. The lowest BCUT2D eigenvalue weighted by Gasteiger charge is -2.15. The first kappa shape index (κ1) is 25.5. The molecule has 3 aromatic rings. The Kier molecular flexibility index (Phi) is 9.57. The van der Waals surface area contributed by atoms with Crippen molar-refractivity contribution in [3.63, 3.8) is 0 Å². The van der Waals surface area contributed by atoms with E-state index in [1.54, 1.807) is 23.3 Å². The molecule has 0 radical (unpaired) electrons. The molecular weight excluding hydrogens is 463 g/mol. The molecule has 0 saturated heterocycles. The molecule has 0 aliphatic rings. The molecular formula is C26H33N4PS2. The number of nitrogens with zero attached hydrogens (tertiary/aromatic N) is 2. The highest BCUT2D eigenvalue weighted by Crippen LogP contribution is 2.32. The minimum atomic E-state index is 0.824. The third-order valence-electron chi connectivity index (χ3n) is 5.40. The molecule has 0 fully saturated rings. The highest BCUT2D eigenvalue weighted by molar-refractivity contribution is 7.97. The fraction of sp³-hybridized carbons (Fsp3) is 0.269. The number of allylic oxidation sites excluding steroid dienone is 3. The highest BCUT2D eigenvalue weighted by Gasteiger charge is 2.10. The van der Waals surface area contributed by atoms with E-state index in [0.717, 1.165) is 53.9 Å². The Morgan fingerprint density at radius 3 is 2.70 bits per heavy atom. The normalized spacial score (nSPS) is 11.6. The van der Waals surface area contributed by atoms with Crippen LogP contribution in [0.4, 0.5) is 0 Å². The lowest BCUT2D eigenvalue weighted by Crippen LogP contribution is -2.23. The number of nitrogens with one attached hydrogen (secondary N) is 2. The molecule has 2 N–H and O–H groups in total. The Bertz CT molecular complexity index is 1140. The minimum absolute atomic E-state index is 0.824. The fourth-order valence-electron chi connectivity index (χ4n) is 3.33. The van der Waals surface area contributed by atoms with Crippen molar-refractivity contribution in [3.05, 3.63) is 82.8 Å². The van der Waals surface area contributed by atoms with Gasteiger partial charge in [0.15, 0.2) is 0 Å². The molecule has 0 amide bonds. The molecule has 4 nitrogen and oxygen atoms in total. The molecule has 0 bridgehead atoms. The van der Waals surface area contributed by atoms with E-state index in [1.807, 2.05) is 16.9 Å². The van der Waals surface area contributed by atoms with E-state index in [-0.39, 0.29) is 0 Å². The van der Waals surface area contributed by atoms with Gasteiger partial charge in [-0.15, -0.1) is 20.6 Å². The van der Waals surface area contributed by atoms with Crippen LogP contribution in [0.1, 0.15) is 41.5 Å². The van der Waals surface area contributed by atoms with Gasteiger partial charge >= 0.3 is 0 Å². The molecule has 1 unspecified atom stereocenters. The van der Waals surface area contributed by atoms with Crippen LogP contribution < -0.4 is 15.3 Å². The Balaban J connectivity index is 1.60. The van der Waals surface area contributed by atoms with Crippen molar-refractivity contribution >= 4 is 54.8 Å². The summed E-state index contributed by atoms with van der Waals surface area (Å²) in [6.45, 7) is 16.5. The van der Waals surface area contributed by atoms with Gasteiger partial charge in [-0.1, -0.05) is 44.3 Å². The van der Waals surface area contributed by atoms with Crippen LogP contribution in [0.25, 0.3) is 17.0 Å². The summed E-state index contributed by atoms with van der Waals surface area (Å²) in [5.41, 5.74) is 5.60. The molecule has 1 atom stereocenters. The average Bonchev–Trinajstić information content (AvgIpc) is 3.41. The number of thiophene rings is 1. The van der Waals surface area contributed by atoms with Crippen molar-refractivity contribution in [3.8, 4) is 0 Å². The summed E-state index contributed by atoms with van der Waals surface area (Å²) in [5, 5.41) is 11.4. The van der Waals surface area contributed by atoms with Gasteiger partial charge in [-0.25, -0.2) is 4.68 Å². The van der Waals surface area contributed by atoms with E-state index in [2.05, 4.69) is 94.0 Å². The number of hydrogen-bond acceptors (Lipinski definition) is 5. The van der Waals surface area contributed by atoms with Gasteiger partial charge in [-0.2, -0.15) is 5.10 Å². The number of aryl methyl sites for hydroxylation is 1. The SMILES string of the molecule is C=C(/C=C(/NCCCNSc1ccsc1C(=C)CC)n1ncc(P)c1C)c1ccccc1C. The van der Waals surface area contributed by atoms with E-state index in [0.29, 0.717) is 0 Å². The minimum Gasteiger partial charge on any atom is -0.370 e.